The first kappa shape index (κ1) is 14.8. The number of aliphatic carboxylic acids is 1. The van der Waals surface area contributed by atoms with E-state index in [1.54, 1.807) is 0 Å². The van der Waals surface area contributed by atoms with E-state index < -0.39 is 46.4 Å². The van der Waals surface area contributed by atoms with Crippen molar-refractivity contribution < 1.29 is 31.9 Å². The van der Waals surface area contributed by atoms with Crippen LogP contribution in [-0.2, 0) is 17.4 Å². The summed E-state index contributed by atoms with van der Waals surface area (Å²) >= 11 is 2.50. The SMILES string of the molecule is O=C(O)Cc1cc(C(F)(F)F)c(C(F)F)c(Br)n1. The van der Waals surface area contributed by atoms with Crippen LogP contribution in [0.25, 0.3) is 0 Å². The van der Waals surface area contributed by atoms with Gasteiger partial charge in [0.05, 0.1) is 23.2 Å². The molecule has 0 aliphatic heterocycles. The summed E-state index contributed by atoms with van der Waals surface area (Å²) in [6.07, 6.45) is -9.17. The van der Waals surface area contributed by atoms with E-state index in [2.05, 4.69) is 20.9 Å². The average molecular weight is 334 g/mol. The third kappa shape index (κ3) is 3.37. The smallest absolute Gasteiger partial charge is 0.417 e. The lowest BCUT2D eigenvalue weighted by Crippen LogP contribution is -2.14. The van der Waals surface area contributed by atoms with Crippen LogP contribution >= 0.6 is 15.9 Å². The molecular weight excluding hydrogens is 329 g/mol. The fraction of sp³-hybridized carbons (Fsp3) is 0.333. The highest BCUT2D eigenvalue weighted by atomic mass is 79.9. The van der Waals surface area contributed by atoms with Gasteiger partial charge in [-0.05, 0) is 22.0 Å². The molecule has 1 heterocycles. The van der Waals surface area contributed by atoms with Crippen LogP contribution in [0.5, 0.6) is 0 Å². The second-order valence-corrected chi connectivity index (χ2v) is 3.99. The summed E-state index contributed by atoms with van der Waals surface area (Å²) in [7, 11) is 0. The Morgan fingerprint density at radius 1 is 1.44 bits per heavy atom. The van der Waals surface area contributed by atoms with Crippen molar-refractivity contribution in [3.05, 3.63) is 27.5 Å². The van der Waals surface area contributed by atoms with Crippen LogP contribution in [0.15, 0.2) is 10.7 Å². The van der Waals surface area contributed by atoms with E-state index in [1.807, 2.05) is 0 Å². The highest BCUT2D eigenvalue weighted by molar-refractivity contribution is 9.10. The zero-order valence-corrected chi connectivity index (χ0v) is 10.0. The molecule has 1 aromatic heterocycles. The van der Waals surface area contributed by atoms with Crippen LogP contribution in [0.2, 0.25) is 0 Å². The lowest BCUT2D eigenvalue weighted by molar-refractivity contribution is -0.140. The lowest BCUT2D eigenvalue weighted by Gasteiger charge is -2.14. The predicted octanol–water partition coefficient (Wildman–Crippen LogP) is 3.43. The van der Waals surface area contributed by atoms with Gasteiger partial charge >= 0.3 is 12.1 Å². The van der Waals surface area contributed by atoms with Gasteiger partial charge in [0, 0.05) is 0 Å². The molecule has 18 heavy (non-hydrogen) atoms. The third-order valence-electron chi connectivity index (χ3n) is 1.92. The molecule has 1 rings (SSSR count). The molecule has 3 nitrogen and oxygen atoms in total. The van der Waals surface area contributed by atoms with E-state index in [0.717, 1.165) is 0 Å². The van der Waals surface area contributed by atoms with Crippen molar-refractivity contribution in [2.45, 2.75) is 19.0 Å². The van der Waals surface area contributed by atoms with Crippen LogP contribution in [0.1, 0.15) is 23.2 Å². The molecule has 0 saturated heterocycles. The van der Waals surface area contributed by atoms with Crippen molar-refractivity contribution in [3.8, 4) is 0 Å². The summed E-state index contributed by atoms with van der Waals surface area (Å²) in [5.74, 6) is -1.41. The quantitative estimate of drug-likeness (QED) is 0.681. The van der Waals surface area contributed by atoms with Gasteiger partial charge in [-0.15, -0.1) is 0 Å². The number of aromatic nitrogens is 1. The molecule has 1 N–H and O–H groups in total. The largest absolute Gasteiger partial charge is 0.481 e. The molecule has 0 unspecified atom stereocenters. The molecule has 0 aromatic carbocycles. The number of nitrogens with zero attached hydrogens (tertiary/aromatic N) is 1. The first-order valence-corrected chi connectivity index (χ1v) is 5.18. The monoisotopic (exact) mass is 333 g/mol. The maximum Gasteiger partial charge on any atom is 0.417 e. The van der Waals surface area contributed by atoms with Gasteiger partial charge in [0.2, 0.25) is 0 Å². The fourth-order valence-corrected chi connectivity index (χ4v) is 1.88. The Morgan fingerprint density at radius 2 is 2.00 bits per heavy atom. The number of carboxylic acid groups (broad SMARTS) is 1. The number of hydrogen-bond donors (Lipinski definition) is 1. The maximum absolute atomic E-state index is 12.6. The minimum absolute atomic E-state index is 0.320. The van der Waals surface area contributed by atoms with Crippen molar-refractivity contribution >= 4 is 21.9 Å². The topological polar surface area (TPSA) is 50.2 Å². The Labute approximate surface area is 106 Å². The summed E-state index contributed by atoms with van der Waals surface area (Å²) < 4.78 is 62.1. The van der Waals surface area contributed by atoms with Gasteiger partial charge < -0.3 is 5.11 Å². The number of halogens is 6. The summed E-state index contributed by atoms with van der Waals surface area (Å²) in [4.78, 5) is 13.7. The molecule has 1 aromatic rings. The second kappa shape index (κ2) is 5.17. The molecule has 9 heteroatoms. The Bertz CT molecular complexity index is 475. The zero-order valence-electron chi connectivity index (χ0n) is 8.43. The average Bonchev–Trinajstić information content (AvgIpc) is 2.12. The highest BCUT2D eigenvalue weighted by Gasteiger charge is 2.38. The number of alkyl halides is 5. The van der Waals surface area contributed by atoms with E-state index in [4.69, 9.17) is 5.11 Å². The standard InChI is InChI=1S/C9H5BrF5NO2/c10-7-6(8(11)12)4(9(13,14)15)1-3(16-7)2-5(17)18/h1,8H,2H2,(H,17,18). The van der Waals surface area contributed by atoms with E-state index >= 15 is 0 Å². The van der Waals surface area contributed by atoms with Crippen molar-refractivity contribution in [2.24, 2.45) is 0 Å². The Balaban J connectivity index is 3.42. The zero-order chi connectivity index (χ0) is 14.1. The molecule has 0 radical (unpaired) electrons. The van der Waals surface area contributed by atoms with Crippen molar-refractivity contribution in [1.29, 1.82) is 0 Å². The number of rotatable bonds is 3. The molecule has 0 aliphatic rings. The molecule has 0 atom stereocenters. The summed E-state index contributed by atoms with van der Waals surface area (Å²) in [6.45, 7) is 0. The van der Waals surface area contributed by atoms with Gasteiger partial charge in [-0.3, -0.25) is 4.79 Å². The van der Waals surface area contributed by atoms with E-state index in [9.17, 15) is 26.7 Å². The Kier molecular flexibility index (Phi) is 4.25. The fourth-order valence-electron chi connectivity index (χ4n) is 1.26. The molecule has 0 bridgehead atoms. The van der Waals surface area contributed by atoms with Gasteiger partial charge in [0.25, 0.3) is 6.43 Å². The molecule has 0 saturated carbocycles. The van der Waals surface area contributed by atoms with Gasteiger partial charge in [-0.1, -0.05) is 0 Å². The third-order valence-corrected chi connectivity index (χ3v) is 2.53. The molecule has 0 aliphatic carbocycles. The maximum atomic E-state index is 12.6. The minimum atomic E-state index is -5.01. The molecular formula is C9H5BrF5NO2. The van der Waals surface area contributed by atoms with Crippen LogP contribution in [0.4, 0.5) is 22.0 Å². The number of carbonyl (C=O) groups is 1. The Morgan fingerprint density at radius 3 is 2.39 bits per heavy atom. The van der Waals surface area contributed by atoms with Crippen LogP contribution in [-0.4, -0.2) is 16.1 Å². The number of pyridine rings is 1. The van der Waals surface area contributed by atoms with Gasteiger partial charge in [-0.2, -0.15) is 13.2 Å². The number of hydrogen-bond acceptors (Lipinski definition) is 2. The summed E-state index contributed by atoms with van der Waals surface area (Å²) in [5.41, 5.74) is -3.33. The summed E-state index contributed by atoms with van der Waals surface area (Å²) in [6, 6.07) is 0.320. The highest BCUT2D eigenvalue weighted by Crippen LogP contribution is 2.39. The molecule has 0 amide bonds. The number of carboxylic acids is 1. The van der Waals surface area contributed by atoms with Crippen LogP contribution < -0.4 is 0 Å². The minimum Gasteiger partial charge on any atom is -0.481 e. The predicted molar refractivity (Wildman–Crippen MR) is 53.2 cm³/mol. The van der Waals surface area contributed by atoms with E-state index in [-0.39, 0.29) is 0 Å². The Hall–Kier alpha value is -1.25. The van der Waals surface area contributed by atoms with Crippen molar-refractivity contribution in [1.82, 2.24) is 4.98 Å². The first-order valence-electron chi connectivity index (χ1n) is 4.39. The van der Waals surface area contributed by atoms with Crippen molar-refractivity contribution in [3.63, 3.8) is 0 Å². The lowest BCUT2D eigenvalue weighted by atomic mass is 10.1. The normalized spacial score (nSPS) is 11.9. The molecule has 100 valence electrons. The first-order chi connectivity index (χ1) is 8.12. The van der Waals surface area contributed by atoms with Crippen molar-refractivity contribution in [2.75, 3.05) is 0 Å². The van der Waals surface area contributed by atoms with Gasteiger partial charge in [0.1, 0.15) is 4.60 Å². The summed E-state index contributed by atoms with van der Waals surface area (Å²) in [5, 5.41) is 8.45. The molecule has 0 spiro atoms. The van der Waals surface area contributed by atoms with E-state index in [0.29, 0.717) is 6.07 Å². The van der Waals surface area contributed by atoms with Crippen LogP contribution in [0.3, 0.4) is 0 Å². The molecule has 0 fully saturated rings. The van der Waals surface area contributed by atoms with Crippen LogP contribution in [0, 0.1) is 0 Å². The van der Waals surface area contributed by atoms with E-state index in [1.165, 1.54) is 0 Å². The second-order valence-electron chi connectivity index (χ2n) is 3.23. The van der Waals surface area contributed by atoms with Gasteiger partial charge in [0.15, 0.2) is 0 Å². The van der Waals surface area contributed by atoms with Gasteiger partial charge in [-0.25, -0.2) is 13.8 Å².